The SMILES string of the molecule is CCNC(=NCc1cn2c(C)cccc2n1)NCC(C)(O)c1cc(C)oc1C. The van der Waals surface area contributed by atoms with Crippen LogP contribution in [0.2, 0.25) is 0 Å². The topological polar surface area (TPSA) is 87.1 Å². The number of hydrogen-bond acceptors (Lipinski definition) is 4. The quantitative estimate of drug-likeness (QED) is 0.450. The molecule has 0 amide bonds. The predicted octanol–water partition coefficient (Wildman–Crippen LogP) is 2.82. The standard InChI is InChI=1S/C21H29N5O2/c1-6-22-20(24-13-21(5,27)18-10-15(3)28-16(18)4)23-11-17-12-26-14(2)8-7-9-19(26)25-17/h7-10,12,27H,6,11,13H2,1-5H3,(H2,22,23,24). The zero-order valence-corrected chi connectivity index (χ0v) is 17.2. The molecule has 0 radical (unpaired) electrons. The van der Waals surface area contributed by atoms with E-state index in [1.54, 1.807) is 6.92 Å². The van der Waals surface area contributed by atoms with Crippen LogP contribution in [0.3, 0.4) is 0 Å². The summed E-state index contributed by atoms with van der Waals surface area (Å²) in [5.74, 6) is 2.15. The molecule has 0 bridgehead atoms. The van der Waals surface area contributed by atoms with Crippen molar-refractivity contribution in [2.45, 2.75) is 46.8 Å². The zero-order valence-electron chi connectivity index (χ0n) is 17.2. The Labute approximate surface area is 165 Å². The maximum Gasteiger partial charge on any atom is 0.191 e. The monoisotopic (exact) mass is 383 g/mol. The fraction of sp³-hybridized carbons (Fsp3) is 0.429. The predicted molar refractivity (Wildman–Crippen MR) is 111 cm³/mol. The van der Waals surface area contributed by atoms with Gasteiger partial charge in [-0.25, -0.2) is 9.98 Å². The van der Waals surface area contributed by atoms with Crippen molar-refractivity contribution in [1.82, 2.24) is 20.0 Å². The lowest BCUT2D eigenvalue weighted by atomic mass is 9.96. The van der Waals surface area contributed by atoms with E-state index in [1.807, 2.05) is 45.2 Å². The molecule has 7 nitrogen and oxygen atoms in total. The molecule has 0 aliphatic carbocycles. The minimum Gasteiger partial charge on any atom is -0.466 e. The number of imidazole rings is 1. The molecule has 28 heavy (non-hydrogen) atoms. The largest absolute Gasteiger partial charge is 0.466 e. The van der Waals surface area contributed by atoms with Crippen LogP contribution in [0.1, 0.15) is 42.3 Å². The summed E-state index contributed by atoms with van der Waals surface area (Å²) in [5, 5.41) is 17.3. The molecule has 0 saturated heterocycles. The highest BCUT2D eigenvalue weighted by atomic mass is 16.3. The fourth-order valence-electron chi connectivity index (χ4n) is 3.29. The van der Waals surface area contributed by atoms with Crippen LogP contribution in [0.15, 0.2) is 39.9 Å². The summed E-state index contributed by atoms with van der Waals surface area (Å²) in [7, 11) is 0. The first kappa shape index (κ1) is 19.9. The van der Waals surface area contributed by atoms with E-state index in [-0.39, 0.29) is 0 Å². The van der Waals surface area contributed by atoms with Crippen LogP contribution < -0.4 is 10.6 Å². The summed E-state index contributed by atoms with van der Waals surface area (Å²) < 4.78 is 7.61. The lowest BCUT2D eigenvalue weighted by Gasteiger charge is -2.24. The lowest BCUT2D eigenvalue weighted by molar-refractivity contribution is 0.0601. The minimum absolute atomic E-state index is 0.308. The Balaban J connectivity index is 1.71. The van der Waals surface area contributed by atoms with Gasteiger partial charge < -0.3 is 24.6 Å². The number of hydrogen-bond donors (Lipinski definition) is 3. The van der Waals surface area contributed by atoms with E-state index in [1.165, 1.54) is 0 Å². The van der Waals surface area contributed by atoms with Gasteiger partial charge in [0.2, 0.25) is 0 Å². The fourth-order valence-corrected chi connectivity index (χ4v) is 3.29. The summed E-state index contributed by atoms with van der Waals surface area (Å²) in [6.07, 6.45) is 2.01. The van der Waals surface area contributed by atoms with Crippen LogP contribution in [0.5, 0.6) is 0 Å². The van der Waals surface area contributed by atoms with Gasteiger partial charge in [-0.1, -0.05) is 6.07 Å². The molecule has 0 spiro atoms. The normalized spacial score (nSPS) is 14.3. The third kappa shape index (κ3) is 4.36. The molecule has 0 aliphatic rings. The van der Waals surface area contributed by atoms with Gasteiger partial charge in [0.25, 0.3) is 0 Å². The van der Waals surface area contributed by atoms with Crippen molar-refractivity contribution in [3.8, 4) is 0 Å². The first-order valence-electron chi connectivity index (χ1n) is 9.56. The third-order valence-corrected chi connectivity index (χ3v) is 4.71. The molecule has 0 aromatic carbocycles. The van der Waals surface area contributed by atoms with Crippen LogP contribution in [-0.2, 0) is 12.1 Å². The number of fused-ring (bicyclic) bond motifs is 1. The summed E-state index contributed by atoms with van der Waals surface area (Å²) in [6.45, 7) is 11.0. The average molecular weight is 383 g/mol. The maximum absolute atomic E-state index is 10.9. The Morgan fingerprint density at radius 1 is 1.29 bits per heavy atom. The average Bonchev–Trinajstić information content (AvgIpc) is 3.21. The Bertz CT molecular complexity index is 984. The van der Waals surface area contributed by atoms with Crippen molar-refractivity contribution >= 4 is 11.6 Å². The van der Waals surface area contributed by atoms with E-state index < -0.39 is 5.60 Å². The maximum atomic E-state index is 10.9. The highest BCUT2D eigenvalue weighted by Crippen LogP contribution is 2.26. The van der Waals surface area contributed by atoms with E-state index in [0.717, 1.165) is 40.7 Å². The van der Waals surface area contributed by atoms with E-state index in [4.69, 9.17) is 4.42 Å². The summed E-state index contributed by atoms with van der Waals surface area (Å²) >= 11 is 0. The molecule has 0 saturated carbocycles. The van der Waals surface area contributed by atoms with E-state index in [2.05, 4.69) is 38.0 Å². The second kappa shape index (κ2) is 8.06. The Morgan fingerprint density at radius 2 is 2.07 bits per heavy atom. The highest BCUT2D eigenvalue weighted by molar-refractivity contribution is 5.79. The molecule has 150 valence electrons. The van der Waals surface area contributed by atoms with Crippen molar-refractivity contribution in [2.75, 3.05) is 13.1 Å². The number of furan rings is 1. The molecule has 3 rings (SSSR count). The lowest BCUT2D eigenvalue weighted by Crippen LogP contribution is -2.44. The Kier molecular flexibility index (Phi) is 5.74. The number of guanidine groups is 1. The van der Waals surface area contributed by atoms with Crippen molar-refractivity contribution in [3.05, 3.63) is 58.9 Å². The molecule has 7 heteroatoms. The second-order valence-electron chi connectivity index (χ2n) is 7.28. The van der Waals surface area contributed by atoms with Gasteiger partial charge in [-0.2, -0.15) is 0 Å². The molecule has 1 atom stereocenters. The first-order valence-corrected chi connectivity index (χ1v) is 9.56. The minimum atomic E-state index is -1.07. The second-order valence-corrected chi connectivity index (χ2v) is 7.28. The molecular weight excluding hydrogens is 354 g/mol. The number of aliphatic hydroxyl groups is 1. The van der Waals surface area contributed by atoms with Gasteiger partial charge in [0, 0.05) is 24.0 Å². The zero-order chi connectivity index (χ0) is 20.3. The van der Waals surface area contributed by atoms with Crippen molar-refractivity contribution in [2.24, 2.45) is 4.99 Å². The van der Waals surface area contributed by atoms with Crippen LogP contribution in [0.25, 0.3) is 5.65 Å². The van der Waals surface area contributed by atoms with Gasteiger partial charge in [0.1, 0.15) is 22.8 Å². The molecule has 0 aliphatic heterocycles. The summed E-state index contributed by atoms with van der Waals surface area (Å²) in [5.41, 5.74) is 2.64. The molecule has 3 heterocycles. The van der Waals surface area contributed by atoms with E-state index >= 15 is 0 Å². The molecule has 3 aromatic rings. The number of aliphatic imine (C=N–C) groups is 1. The van der Waals surface area contributed by atoms with Gasteiger partial charge in [-0.05, 0) is 52.8 Å². The summed E-state index contributed by atoms with van der Waals surface area (Å²) in [6, 6.07) is 7.91. The van der Waals surface area contributed by atoms with Crippen molar-refractivity contribution in [3.63, 3.8) is 0 Å². The van der Waals surface area contributed by atoms with E-state index in [9.17, 15) is 5.11 Å². The molecule has 0 fully saturated rings. The number of nitrogens with one attached hydrogen (secondary N) is 2. The van der Waals surface area contributed by atoms with Crippen LogP contribution >= 0.6 is 0 Å². The third-order valence-electron chi connectivity index (χ3n) is 4.71. The summed E-state index contributed by atoms with van der Waals surface area (Å²) in [4.78, 5) is 9.23. The number of pyridine rings is 1. The Morgan fingerprint density at radius 3 is 2.71 bits per heavy atom. The molecular formula is C21H29N5O2. The highest BCUT2D eigenvalue weighted by Gasteiger charge is 2.27. The Hall–Kier alpha value is -2.80. The van der Waals surface area contributed by atoms with Crippen molar-refractivity contribution in [1.29, 1.82) is 0 Å². The van der Waals surface area contributed by atoms with Crippen LogP contribution in [0, 0.1) is 20.8 Å². The first-order chi connectivity index (χ1) is 13.3. The van der Waals surface area contributed by atoms with Gasteiger partial charge in [-0.3, -0.25) is 0 Å². The molecule has 1 unspecified atom stereocenters. The number of nitrogens with zero attached hydrogens (tertiary/aromatic N) is 3. The van der Waals surface area contributed by atoms with Gasteiger partial charge >= 0.3 is 0 Å². The van der Waals surface area contributed by atoms with Crippen LogP contribution in [-0.4, -0.2) is 33.5 Å². The van der Waals surface area contributed by atoms with Gasteiger partial charge in [0.05, 0.1) is 18.8 Å². The molecule has 3 aromatic heterocycles. The number of aromatic nitrogens is 2. The van der Waals surface area contributed by atoms with E-state index in [0.29, 0.717) is 19.0 Å². The number of rotatable bonds is 6. The van der Waals surface area contributed by atoms with Gasteiger partial charge in [-0.15, -0.1) is 0 Å². The van der Waals surface area contributed by atoms with Gasteiger partial charge in [0.15, 0.2) is 5.96 Å². The van der Waals surface area contributed by atoms with Crippen LogP contribution in [0.4, 0.5) is 0 Å². The van der Waals surface area contributed by atoms with Crippen molar-refractivity contribution < 1.29 is 9.52 Å². The number of aryl methyl sites for hydroxylation is 3. The molecule has 3 N–H and O–H groups in total. The smallest absolute Gasteiger partial charge is 0.191 e.